The summed E-state index contributed by atoms with van der Waals surface area (Å²) in [6.45, 7) is 6.94. The number of benzene rings is 2. The molecule has 0 saturated heterocycles. The number of carbonyl (C=O) groups is 1. The van der Waals surface area contributed by atoms with Crippen molar-refractivity contribution in [2.75, 3.05) is 7.11 Å². The van der Waals surface area contributed by atoms with Crippen molar-refractivity contribution >= 4 is 34.2 Å². The van der Waals surface area contributed by atoms with Gasteiger partial charge in [0.2, 0.25) is 5.69 Å². The Bertz CT molecular complexity index is 1060. The van der Waals surface area contributed by atoms with Crippen molar-refractivity contribution in [1.29, 1.82) is 0 Å². The van der Waals surface area contributed by atoms with E-state index in [0.717, 1.165) is 3.57 Å². The first-order valence-corrected chi connectivity index (χ1v) is 8.37. The van der Waals surface area contributed by atoms with E-state index in [9.17, 15) is 14.3 Å². The summed E-state index contributed by atoms with van der Waals surface area (Å²) < 4.78 is 21.7. The molecule has 0 aliphatic heterocycles. The predicted molar refractivity (Wildman–Crippen MR) is 101 cm³/mol. The average Bonchev–Trinajstić information content (AvgIpc) is 3.07. The highest BCUT2D eigenvalue weighted by Crippen LogP contribution is 2.32. The fourth-order valence-electron chi connectivity index (χ4n) is 2.46. The van der Waals surface area contributed by atoms with Crippen molar-refractivity contribution in [2.24, 2.45) is 0 Å². The van der Waals surface area contributed by atoms with Crippen LogP contribution in [-0.2, 0) is 0 Å². The number of hydrogen-bond donors (Lipinski definition) is 1. The number of carboxylic acid groups (broad SMARTS) is 1. The second-order valence-corrected chi connectivity index (χ2v) is 6.47. The van der Waals surface area contributed by atoms with Crippen LogP contribution in [0.2, 0.25) is 0 Å². The normalized spacial score (nSPS) is 10.4. The van der Waals surface area contributed by atoms with E-state index in [1.165, 1.54) is 30.0 Å². The Labute approximate surface area is 161 Å². The molecule has 3 rings (SSSR count). The first-order chi connectivity index (χ1) is 12.4. The van der Waals surface area contributed by atoms with Gasteiger partial charge in [0.05, 0.1) is 19.4 Å². The van der Waals surface area contributed by atoms with E-state index >= 15 is 0 Å². The molecule has 0 atom stereocenters. The lowest BCUT2D eigenvalue weighted by Gasteiger charge is -2.12. The van der Waals surface area contributed by atoms with Crippen molar-refractivity contribution in [3.05, 3.63) is 69.0 Å². The Morgan fingerprint density at radius 2 is 2.08 bits per heavy atom. The van der Waals surface area contributed by atoms with E-state index in [1.807, 2.05) is 6.07 Å². The number of methoxy groups -OCH3 is 1. The molecule has 2 aromatic carbocycles. The van der Waals surface area contributed by atoms with Crippen LogP contribution in [0.1, 0.15) is 10.5 Å². The number of hydrogen-bond acceptors (Lipinski definition) is 3. The van der Waals surface area contributed by atoms with Gasteiger partial charge in [0.1, 0.15) is 17.3 Å². The van der Waals surface area contributed by atoms with Crippen LogP contribution in [0, 0.1) is 16.0 Å². The Hall–Kier alpha value is -2.93. The van der Waals surface area contributed by atoms with Gasteiger partial charge in [-0.25, -0.2) is 18.7 Å². The summed E-state index contributed by atoms with van der Waals surface area (Å²) in [5.74, 6) is -1.39. The molecule has 0 aliphatic carbocycles. The molecule has 26 heavy (non-hydrogen) atoms. The summed E-state index contributed by atoms with van der Waals surface area (Å²) in [6.07, 6.45) is 0. The van der Waals surface area contributed by atoms with Gasteiger partial charge in [-0.15, -0.1) is 0 Å². The van der Waals surface area contributed by atoms with Gasteiger partial charge in [-0.3, -0.25) is 0 Å². The monoisotopic (exact) mass is 463 g/mol. The second kappa shape index (κ2) is 7.13. The van der Waals surface area contributed by atoms with E-state index in [-0.39, 0.29) is 11.4 Å². The molecule has 1 N–H and O–H groups in total. The summed E-state index contributed by atoms with van der Waals surface area (Å²) in [5, 5.41) is 13.4. The molecule has 1 aromatic heterocycles. The van der Waals surface area contributed by atoms with Gasteiger partial charge < -0.3 is 9.84 Å². The third-order valence-electron chi connectivity index (χ3n) is 3.66. The lowest BCUT2D eigenvalue weighted by molar-refractivity contribution is 0.0690. The zero-order valence-corrected chi connectivity index (χ0v) is 15.6. The first kappa shape index (κ1) is 17.9. The predicted octanol–water partition coefficient (Wildman–Crippen LogP) is 4.54. The van der Waals surface area contributed by atoms with E-state index in [4.69, 9.17) is 11.3 Å². The SMILES string of the molecule is [C-]#[N+]c1ccc(-c2cc(C(=O)O)nn2-c2ccc(I)cc2OC)cc1F. The highest BCUT2D eigenvalue weighted by molar-refractivity contribution is 14.1. The molecule has 0 spiro atoms. The van der Waals surface area contributed by atoms with Crippen LogP contribution >= 0.6 is 22.6 Å². The molecule has 130 valence electrons. The molecular formula is C18H11FIN3O3. The Morgan fingerprint density at radius 1 is 1.31 bits per heavy atom. The van der Waals surface area contributed by atoms with Crippen molar-refractivity contribution in [2.45, 2.75) is 0 Å². The van der Waals surface area contributed by atoms with Gasteiger partial charge in [0, 0.05) is 9.13 Å². The van der Waals surface area contributed by atoms with Crippen LogP contribution in [0.3, 0.4) is 0 Å². The molecule has 0 amide bonds. The third kappa shape index (κ3) is 3.25. The lowest BCUT2D eigenvalue weighted by atomic mass is 10.1. The topological polar surface area (TPSA) is 68.7 Å². The van der Waals surface area contributed by atoms with E-state index in [0.29, 0.717) is 22.7 Å². The van der Waals surface area contributed by atoms with Crippen LogP contribution in [0.5, 0.6) is 5.75 Å². The Kier molecular flexibility index (Phi) is 4.90. The van der Waals surface area contributed by atoms with Gasteiger partial charge in [-0.2, -0.15) is 5.10 Å². The molecule has 0 bridgehead atoms. The van der Waals surface area contributed by atoms with Gasteiger partial charge in [-0.05, 0) is 52.9 Å². The molecule has 8 heteroatoms. The van der Waals surface area contributed by atoms with Gasteiger partial charge >= 0.3 is 5.97 Å². The summed E-state index contributed by atoms with van der Waals surface area (Å²) in [5.41, 5.74) is 0.998. The number of aromatic nitrogens is 2. The molecule has 0 aliphatic rings. The van der Waals surface area contributed by atoms with Crippen molar-refractivity contribution in [3.63, 3.8) is 0 Å². The van der Waals surface area contributed by atoms with Crippen LogP contribution in [0.25, 0.3) is 21.8 Å². The average molecular weight is 463 g/mol. The van der Waals surface area contributed by atoms with Crippen molar-refractivity contribution in [1.82, 2.24) is 9.78 Å². The maximum atomic E-state index is 14.0. The molecule has 0 fully saturated rings. The van der Waals surface area contributed by atoms with E-state index in [2.05, 4.69) is 32.5 Å². The molecule has 0 unspecified atom stereocenters. The molecule has 0 saturated carbocycles. The Balaban J connectivity index is 2.25. The van der Waals surface area contributed by atoms with E-state index < -0.39 is 11.8 Å². The maximum Gasteiger partial charge on any atom is 0.356 e. The highest BCUT2D eigenvalue weighted by Gasteiger charge is 2.19. The second-order valence-electron chi connectivity index (χ2n) is 5.23. The molecule has 3 aromatic rings. The van der Waals surface area contributed by atoms with E-state index in [1.54, 1.807) is 18.2 Å². The number of ether oxygens (including phenoxy) is 1. The number of nitrogens with zero attached hydrogens (tertiary/aromatic N) is 3. The Morgan fingerprint density at radius 3 is 2.69 bits per heavy atom. The molecule has 0 radical (unpaired) electrons. The maximum absolute atomic E-state index is 14.0. The minimum atomic E-state index is -1.20. The van der Waals surface area contributed by atoms with Gasteiger partial charge in [0.25, 0.3) is 0 Å². The van der Waals surface area contributed by atoms with Gasteiger partial charge in [-0.1, -0.05) is 12.1 Å². The minimum Gasteiger partial charge on any atom is -0.494 e. The number of carboxylic acids is 1. The number of aromatic carboxylic acids is 1. The molecule has 1 heterocycles. The van der Waals surface area contributed by atoms with Crippen molar-refractivity contribution in [3.8, 4) is 22.7 Å². The molecule has 6 nitrogen and oxygen atoms in total. The van der Waals surface area contributed by atoms with Crippen LogP contribution < -0.4 is 4.74 Å². The van der Waals surface area contributed by atoms with Crippen LogP contribution in [0.15, 0.2) is 42.5 Å². The lowest BCUT2D eigenvalue weighted by Crippen LogP contribution is -2.04. The quantitative estimate of drug-likeness (QED) is 0.456. The van der Waals surface area contributed by atoms with Gasteiger partial charge in [0.15, 0.2) is 5.69 Å². The standard InChI is InChI=1S/C18H11FIN3O3/c1-21-13-5-3-10(7-12(13)19)16-9-14(18(24)25)22-23(16)15-6-4-11(20)8-17(15)26-2/h3-9H,2H3,(H,24,25). The number of rotatable bonds is 4. The van der Waals surface area contributed by atoms with Crippen LogP contribution in [0.4, 0.5) is 10.1 Å². The smallest absolute Gasteiger partial charge is 0.356 e. The zero-order valence-electron chi connectivity index (χ0n) is 13.4. The first-order valence-electron chi connectivity index (χ1n) is 7.29. The summed E-state index contributed by atoms with van der Waals surface area (Å²) in [7, 11) is 1.50. The zero-order chi connectivity index (χ0) is 18.8. The summed E-state index contributed by atoms with van der Waals surface area (Å²) >= 11 is 2.13. The van der Waals surface area contributed by atoms with Crippen molar-refractivity contribution < 1.29 is 19.0 Å². The van der Waals surface area contributed by atoms with Crippen LogP contribution in [-0.4, -0.2) is 28.0 Å². The third-order valence-corrected chi connectivity index (χ3v) is 4.33. The summed E-state index contributed by atoms with van der Waals surface area (Å²) in [6, 6.07) is 10.8. The number of halogens is 2. The fraction of sp³-hybridized carbons (Fsp3) is 0.0556. The summed E-state index contributed by atoms with van der Waals surface area (Å²) in [4.78, 5) is 14.5. The minimum absolute atomic E-state index is 0.106. The molecular weight excluding hydrogens is 452 g/mol. The highest BCUT2D eigenvalue weighted by atomic mass is 127. The fourth-order valence-corrected chi connectivity index (χ4v) is 2.92. The largest absolute Gasteiger partial charge is 0.494 e.